The molecule has 0 amide bonds. The Morgan fingerprint density at radius 1 is 0.440 bits per heavy atom. The van der Waals surface area contributed by atoms with Gasteiger partial charge in [-0.2, -0.15) is 0 Å². The molecule has 0 bridgehead atoms. The molecule has 1 unspecified atom stereocenters. The summed E-state index contributed by atoms with van der Waals surface area (Å²) >= 11 is 5.82. The molecular weight excluding hydrogens is 963 g/mol. The third-order valence-electron chi connectivity index (χ3n) is 17.4. The number of thiophene rings is 1. The van der Waals surface area contributed by atoms with Crippen molar-refractivity contribution in [1.82, 2.24) is 0 Å². The van der Waals surface area contributed by atoms with Crippen LogP contribution in [0.4, 0.5) is 11.4 Å². The first-order valence-electron chi connectivity index (χ1n) is 26.2. The molecule has 5 aliphatic rings. The largest absolute Gasteiger partial charge is 0.313 e. The van der Waals surface area contributed by atoms with Crippen molar-refractivity contribution in [3.8, 4) is 22.3 Å². The zero-order valence-electron chi connectivity index (χ0n) is 41.0. The average Bonchev–Trinajstić information content (AvgIpc) is 4.28. The molecule has 0 fully saturated rings. The van der Waals surface area contributed by atoms with Crippen molar-refractivity contribution in [1.29, 1.82) is 0 Å². The molecule has 2 spiro atoms. The maximum absolute atomic E-state index is 2.77. The van der Waals surface area contributed by atoms with Crippen LogP contribution in [0.2, 0.25) is 0 Å². The molecule has 0 saturated carbocycles. The van der Waals surface area contributed by atoms with E-state index in [4.69, 9.17) is 0 Å². The topological polar surface area (TPSA) is 3.24 Å². The molecule has 12 aromatic rings. The highest BCUT2D eigenvalue weighted by Crippen LogP contribution is 2.68. The van der Waals surface area contributed by atoms with Crippen molar-refractivity contribution in [3.63, 3.8) is 0 Å². The van der Waals surface area contributed by atoms with Gasteiger partial charge in [-0.1, -0.05) is 225 Å². The van der Waals surface area contributed by atoms with Gasteiger partial charge in [0.25, 0.3) is 0 Å². The van der Waals surface area contributed by atoms with Crippen LogP contribution < -0.4 is 4.90 Å². The molecule has 0 N–H and O–H groups in total. The van der Waals surface area contributed by atoms with Crippen molar-refractivity contribution in [3.05, 3.63) is 292 Å². The molecular formula is C71H45NS3. The molecule has 2 atom stereocenters. The molecule has 75 heavy (non-hydrogen) atoms. The van der Waals surface area contributed by atoms with Gasteiger partial charge in [0.15, 0.2) is 0 Å². The second kappa shape index (κ2) is 15.6. The van der Waals surface area contributed by atoms with Crippen LogP contribution in [0, 0.1) is 5.92 Å². The minimum atomic E-state index is -0.606. The summed E-state index contributed by atoms with van der Waals surface area (Å²) in [5.74, 6) is 0.155. The Morgan fingerprint density at radius 3 is 1.83 bits per heavy atom. The summed E-state index contributed by atoms with van der Waals surface area (Å²) in [6.07, 6.45) is 3.51. The summed E-state index contributed by atoms with van der Waals surface area (Å²) in [4.78, 5) is 8.10. The lowest BCUT2D eigenvalue weighted by Crippen LogP contribution is -2.39. The van der Waals surface area contributed by atoms with Crippen LogP contribution >= 0.6 is 34.9 Å². The molecule has 0 saturated heterocycles. The second-order valence-electron chi connectivity index (χ2n) is 20.9. The van der Waals surface area contributed by atoms with Gasteiger partial charge >= 0.3 is 0 Å². The SMILES string of the molecule is C[C@@H]1CC=C2Sc3ccccc3C3(C2=C1N(c1ccc2c(c1)C1(c4ccccc4-c4ccccc41)c1ccc4ccccc4c1S2)c1cccc2sc4ccccc4c12)c1ccccc1-c1c3ccc2ccccc12. The third-order valence-corrected chi connectivity index (χ3v) is 20.9. The smallest absolute Gasteiger partial charge is 0.0752 e. The highest BCUT2D eigenvalue weighted by molar-refractivity contribution is 8.03. The highest BCUT2D eigenvalue weighted by atomic mass is 32.2. The van der Waals surface area contributed by atoms with Crippen LogP contribution in [0.5, 0.6) is 0 Å². The fourth-order valence-corrected chi connectivity index (χ4v) is 18.2. The first-order chi connectivity index (χ1) is 37.1. The Labute approximate surface area is 448 Å². The van der Waals surface area contributed by atoms with Gasteiger partial charge in [-0.15, -0.1) is 11.3 Å². The van der Waals surface area contributed by atoms with E-state index in [1.807, 2.05) is 34.9 Å². The van der Waals surface area contributed by atoms with Gasteiger partial charge < -0.3 is 4.90 Å². The zero-order chi connectivity index (χ0) is 49.1. The molecule has 3 heterocycles. The van der Waals surface area contributed by atoms with E-state index in [1.54, 1.807) is 0 Å². The molecule has 1 aromatic heterocycles. The van der Waals surface area contributed by atoms with E-state index >= 15 is 0 Å². The summed E-state index contributed by atoms with van der Waals surface area (Å²) in [7, 11) is 0. The predicted octanol–water partition coefficient (Wildman–Crippen LogP) is 19.6. The van der Waals surface area contributed by atoms with Crippen LogP contribution in [0.25, 0.3) is 64.0 Å². The summed E-state index contributed by atoms with van der Waals surface area (Å²) in [5.41, 5.74) is 18.8. The maximum atomic E-state index is 2.77. The molecule has 11 aromatic carbocycles. The number of anilines is 2. The maximum Gasteiger partial charge on any atom is 0.0752 e. The summed E-state index contributed by atoms with van der Waals surface area (Å²) < 4.78 is 2.61. The summed E-state index contributed by atoms with van der Waals surface area (Å²) in [5, 5.41) is 7.76. The lowest BCUT2D eigenvalue weighted by Gasteiger charge is -2.47. The molecule has 3 aliphatic carbocycles. The second-order valence-corrected chi connectivity index (χ2v) is 24.2. The van der Waals surface area contributed by atoms with E-state index < -0.39 is 10.8 Å². The van der Waals surface area contributed by atoms with Crippen LogP contribution in [0.15, 0.2) is 267 Å². The first kappa shape index (κ1) is 42.5. The van der Waals surface area contributed by atoms with E-state index in [-0.39, 0.29) is 5.92 Å². The van der Waals surface area contributed by atoms with Crippen LogP contribution in [-0.4, -0.2) is 0 Å². The number of hydrogen-bond acceptors (Lipinski definition) is 4. The fraction of sp³-hybridized carbons (Fsp3) is 0.0704. The van der Waals surface area contributed by atoms with Gasteiger partial charge in [0.05, 0.1) is 16.5 Å². The number of hydrogen-bond donors (Lipinski definition) is 0. The number of benzene rings is 11. The van der Waals surface area contributed by atoms with E-state index in [1.165, 1.54) is 145 Å². The van der Waals surface area contributed by atoms with E-state index in [0.29, 0.717) is 0 Å². The third kappa shape index (κ3) is 5.46. The van der Waals surface area contributed by atoms with Crippen molar-refractivity contribution in [2.75, 3.05) is 4.90 Å². The Bertz CT molecular complexity index is 4520. The predicted molar refractivity (Wildman–Crippen MR) is 317 cm³/mol. The fourth-order valence-electron chi connectivity index (χ4n) is 14.5. The summed E-state index contributed by atoms with van der Waals surface area (Å²) in [6, 6.07) is 88.6. The van der Waals surface area contributed by atoms with E-state index in [9.17, 15) is 0 Å². The Hall–Kier alpha value is -7.86. The monoisotopic (exact) mass is 1010 g/mol. The van der Waals surface area contributed by atoms with Gasteiger partial charge in [0.2, 0.25) is 0 Å². The quantitative estimate of drug-likeness (QED) is 0.174. The Morgan fingerprint density at radius 2 is 1.04 bits per heavy atom. The lowest BCUT2D eigenvalue weighted by molar-refractivity contribution is 0.617. The van der Waals surface area contributed by atoms with Crippen molar-refractivity contribution in [2.24, 2.45) is 5.92 Å². The number of fused-ring (bicyclic) bond motifs is 25. The minimum Gasteiger partial charge on any atom is -0.313 e. The van der Waals surface area contributed by atoms with Crippen molar-refractivity contribution in [2.45, 2.75) is 38.9 Å². The van der Waals surface area contributed by atoms with Crippen LogP contribution in [0.1, 0.15) is 52.3 Å². The molecule has 1 nitrogen and oxygen atoms in total. The lowest BCUT2D eigenvalue weighted by atomic mass is 9.64. The molecule has 17 rings (SSSR count). The molecule has 352 valence electrons. The van der Waals surface area contributed by atoms with Gasteiger partial charge in [0.1, 0.15) is 0 Å². The van der Waals surface area contributed by atoms with Crippen LogP contribution in [0.3, 0.4) is 0 Å². The Balaban J connectivity index is 1.03. The van der Waals surface area contributed by atoms with E-state index in [0.717, 1.165) is 6.42 Å². The van der Waals surface area contributed by atoms with Gasteiger partial charge in [-0.25, -0.2) is 0 Å². The average molecular weight is 1010 g/mol. The Kier molecular flexibility index (Phi) is 8.84. The van der Waals surface area contributed by atoms with E-state index in [2.05, 4.69) is 248 Å². The van der Waals surface area contributed by atoms with Gasteiger partial charge in [0, 0.05) is 62.6 Å². The minimum absolute atomic E-state index is 0.155. The standard InChI is InChI=1S/C71H45NS3/c1-42-33-39-64-67(71(55-28-13-15-31-61(55)74-64)54-27-12-8-23-50(54)65-46-19-4-2-17-43(46)34-37-56(65)71)68(42)72(59-29-16-32-63-66(59)51-24-9-14-30-60(51)73-63)45-36-40-62-58(41-45)70(57-38-35-44-18-3-5-20-47(44)69(57)75-62)52-25-10-6-21-48(52)49-22-7-11-26-53(49)70/h2-32,34-42H,33H2,1H3/t42-,71?/m1/s1. The van der Waals surface area contributed by atoms with Crippen molar-refractivity contribution >= 4 is 88.0 Å². The number of rotatable bonds is 3. The molecule has 4 heteroatoms. The normalized spacial score (nSPS) is 18.1. The number of thioether (sulfide) groups is 1. The highest BCUT2D eigenvalue weighted by Gasteiger charge is 2.56. The summed E-state index contributed by atoms with van der Waals surface area (Å²) in [6.45, 7) is 2.50. The number of allylic oxidation sites excluding steroid dienone is 3. The molecule has 0 radical (unpaired) electrons. The van der Waals surface area contributed by atoms with Crippen LogP contribution in [-0.2, 0) is 10.8 Å². The van der Waals surface area contributed by atoms with Gasteiger partial charge in [-0.3, -0.25) is 0 Å². The zero-order valence-corrected chi connectivity index (χ0v) is 43.4. The molecule has 2 aliphatic heterocycles. The number of nitrogens with zero attached hydrogens (tertiary/aromatic N) is 1. The van der Waals surface area contributed by atoms with Gasteiger partial charge in [-0.05, 0) is 132 Å². The van der Waals surface area contributed by atoms with Crippen molar-refractivity contribution < 1.29 is 0 Å². The first-order valence-corrected chi connectivity index (χ1v) is 28.7.